The van der Waals surface area contributed by atoms with Gasteiger partial charge in [-0.1, -0.05) is 29.5 Å². The molecule has 2 N–H and O–H groups in total. The van der Waals surface area contributed by atoms with Crippen LogP contribution in [0.3, 0.4) is 0 Å². The van der Waals surface area contributed by atoms with Crippen LogP contribution in [0.25, 0.3) is 10.6 Å². The fourth-order valence-electron chi connectivity index (χ4n) is 3.39. The number of rotatable bonds is 7. The summed E-state index contributed by atoms with van der Waals surface area (Å²) < 4.78 is 34.1. The Labute approximate surface area is 208 Å². The van der Waals surface area contributed by atoms with E-state index in [-0.39, 0.29) is 10.5 Å². The van der Waals surface area contributed by atoms with E-state index in [0.29, 0.717) is 21.4 Å². The van der Waals surface area contributed by atoms with Gasteiger partial charge in [-0.2, -0.15) is 0 Å². The van der Waals surface area contributed by atoms with Crippen LogP contribution < -0.4 is 14.8 Å². The molecule has 0 radical (unpaired) electrons. The zero-order valence-electron chi connectivity index (χ0n) is 19.6. The van der Waals surface area contributed by atoms with Gasteiger partial charge in [-0.25, -0.2) is 8.42 Å². The van der Waals surface area contributed by atoms with E-state index in [1.165, 1.54) is 17.4 Å². The van der Waals surface area contributed by atoms with Gasteiger partial charge in [0.1, 0.15) is 10.8 Å². The summed E-state index contributed by atoms with van der Waals surface area (Å²) >= 11 is 1.21. The number of aryl methyl sites for hydroxylation is 2. The molecule has 3 aromatic carbocycles. The zero-order chi connectivity index (χ0) is 25.2. The molecule has 0 bridgehead atoms. The largest absolute Gasteiger partial charge is 0.497 e. The quantitative estimate of drug-likeness (QED) is 0.355. The van der Waals surface area contributed by atoms with Gasteiger partial charge < -0.3 is 4.74 Å². The number of amides is 1. The lowest BCUT2D eigenvalue weighted by molar-refractivity contribution is 0.102. The first-order valence-electron chi connectivity index (χ1n) is 10.7. The summed E-state index contributed by atoms with van der Waals surface area (Å²) in [6.07, 6.45) is 0. The van der Waals surface area contributed by atoms with Crippen LogP contribution >= 0.6 is 11.3 Å². The standard InChI is InChI=1S/C25H24N4O4S2/c1-15-6-5-7-21(17(15)3)29-35(31,32)22-14-19(9-8-16(22)2)23(30)26-25-28-27-24(34-25)18-10-12-20(33-4)13-11-18/h5-14,29H,1-4H3,(H,26,28,30). The molecule has 180 valence electrons. The minimum atomic E-state index is -3.92. The van der Waals surface area contributed by atoms with E-state index in [1.807, 2.05) is 44.2 Å². The van der Waals surface area contributed by atoms with Crippen molar-refractivity contribution in [3.05, 3.63) is 82.9 Å². The Hall–Kier alpha value is -3.76. The van der Waals surface area contributed by atoms with Gasteiger partial charge in [0.05, 0.1) is 17.7 Å². The number of nitrogens with one attached hydrogen (secondary N) is 2. The molecule has 10 heteroatoms. The van der Waals surface area contributed by atoms with Gasteiger partial charge in [0.15, 0.2) is 0 Å². The van der Waals surface area contributed by atoms with Gasteiger partial charge in [0, 0.05) is 11.1 Å². The fourth-order valence-corrected chi connectivity index (χ4v) is 5.52. The first-order valence-corrected chi connectivity index (χ1v) is 13.0. The summed E-state index contributed by atoms with van der Waals surface area (Å²) in [5.74, 6) is 0.245. The number of benzene rings is 3. The van der Waals surface area contributed by atoms with Gasteiger partial charge in [0.25, 0.3) is 15.9 Å². The Balaban J connectivity index is 1.55. The first-order chi connectivity index (χ1) is 16.7. The van der Waals surface area contributed by atoms with Crippen LogP contribution in [0.5, 0.6) is 5.75 Å². The first kappa shape index (κ1) is 24.4. The highest BCUT2D eigenvalue weighted by atomic mass is 32.2. The maximum absolute atomic E-state index is 13.2. The molecule has 0 spiro atoms. The van der Waals surface area contributed by atoms with E-state index in [4.69, 9.17) is 4.74 Å². The van der Waals surface area contributed by atoms with E-state index >= 15 is 0 Å². The van der Waals surface area contributed by atoms with E-state index in [0.717, 1.165) is 22.4 Å². The fraction of sp³-hybridized carbons (Fsp3) is 0.160. The number of nitrogens with zero attached hydrogens (tertiary/aromatic N) is 2. The molecule has 8 nitrogen and oxygen atoms in total. The Morgan fingerprint density at radius 1 is 0.943 bits per heavy atom. The lowest BCUT2D eigenvalue weighted by atomic mass is 10.1. The Bertz CT molecular complexity index is 1500. The van der Waals surface area contributed by atoms with Crippen LogP contribution in [0.15, 0.2) is 65.6 Å². The van der Waals surface area contributed by atoms with Crippen molar-refractivity contribution < 1.29 is 17.9 Å². The highest BCUT2D eigenvalue weighted by Gasteiger charge is 2.21. The van der Waals surface area contributed by atoms with Crippen molar-refractivity contribution in [3.63, 3.8) is 0 Å². The van der Waals surface area contributed by atoms with E-state index in [1.54, 1.807) is 38.3 Å². The van der Waals surface area contributed by atoms with E-state index in [2.05, 4.69) is 20.2 Å². The number of hydrogen-bond donors (Lipinski definition) is 2. The molecule has 4 rings (SSSR count). The third-order valence-electron chi connectivity index (χ3n) is 5.57. The predicted molar refractivity (Wildman–Crippen MR) is 138 cm³/mol. The number of hydrogen-bond acceptors (Lipinski definition) is 7. The third-order valence-corrected chi connectivity index (χ3v) is 7.97. The second kappa shape index (κ2) is 9.85. The zero-order valence-corrected chi connectivity index (χ0v) is 21.3. The van der Waals surface area contributed by atoms with Crippen LogP contribution in [0.2, 0.25) is 0 Å². The van der Waals surface area contributed by atoms with Crippen LogP contribution in [0.4, 0.5) is 10.8 Å². The maximum Gasteiger partial charge on any atom is 0.262 e. The molecule has 0 fully saturated rings. The number of carbonyl (C=O) groups excluding carboxylic acids is 1. The number of anilines is 2. The van der Waals surface area contributed by atoms with Crippen molar-refractivity contribution in [3.8, 4) is 16.3 Å². The van der Waals surface area contributed by atoms with Crippen molar-refractivity contribution in [2.24, 2.45) is 0 Å². The monoisotopic (exact) mass is 508 g/mol. The average molecular weight is 509 g/mol. The van der Waals surface area contributed by atoms with Gasteiger partial charge in [0.2, 0.25) is 5.13 Å². The smallest absolute Gasteiger partial charge is 0.262 e. The molecule has 0 unspecified atom stereocenters. The second-order valence-electron chi connectivity index (χ2n) is 7.93. The lowest BCUT2D eigenvalue weighted by Crippen LogP contribution is -2.17. The molecule has 0 aliphatic heterocycles. The van der Waals surface area contributed by atoms with Crippen LogP contribution in [-0.2, 0) is 10.0 Å². The summed E-state index contributed by atoms with van der Waals surface area (Å²) in [6.45, 7) is 5.45. The molecular weight excluding hydrogens is 484 g/mol. The summed E-state index contributed by atoms with van der Waals surface area (Å²) in [5, 5.41) is 11.8. The van der Waals surface area contributed by atoms with Gasteiger partial charge in [-0.15, -0.1) is 10.2 Å². The number of aromatic nitrogens is 2. The molecule has 1 amide bonds. The summed E-state index contributed by atoms with van der Waals surface area (Å²) in [4.78, 5) is 12.9. The SMILES string of the molecule is COc1ccc(-c2nnc(NC(=O)c3ccc(C)c(S(=O)(=O)Nc4cccc(C)c4C)c3)s2)cc1. The molecule has 1 aromatic heterocycles. The normalized spacial score (nSPS) is 11.2. The number of carbonyl (C=O) groups is 1. The average Bonchev–Trinajstić information content (AvgIpc) is 3.30. The molecule has 0 saturated heterocycles. The van der Waals surface area contributed by atoms with E-state index < -0.39 is 15.9 Å². The predicted octanol–water partition coefficient (Wildman–Crippen LogP) is 5.19. The van der Waals surface area contributed by atoms with Crippen LogP contribution in [0, 0.1) is 20.8 Å². The van der Waals surface area contributed by atoms with Crippen molar-refractivity contribution >= 4 is 38.1 Å². The molecule has 0 aliphatic rings. The Kier molecular flexibility index (Phi) is 6.86. The highest BCUT2D eigenvalue weighted by Crippen LogP contribution is 2.29. The summed E-state index contributed by atoms with van der Waals surface area (Å²) in [7, 11) is -2.32. The number of methoxy groups -OCH3 is 1. The molecule has 0 saturated carbocycles. The Morgan fingerprint density at radius 2 is 1.69 bits per heavy atom. The Morgan fingerprint density at radius 3 is 2.40 bits per heavy atom. The summed E-state index contributed by atoms with van der Waals surface area (Å²) in [6, 6.07) is 17.3. The van der Waals surface area contributed by atoms with Crippen molar-refractivity contribution in [1.82, 2.24) is 10.2 Å². The van der Waals surface area contributed by atoms with Crippen LogP contribution in [-0.4, -0.2) is 31.6 Å². The minimum absolute atomic E-state index is 0.0299. The van der Waals surface area contributed by atoms with Crippen molar-refractivity contribution in [1.29, 1.82) is 0 Å². The molecule has 0 aliphatic carbocycles. The van der Waals surface area contributed by atoms with Gasteiger partial charge >= 0.3 is 0 Å². The van der Waals surface area contributed by atoms with Crippen LogP contribution in [0.1, 0.15) is 27.0 Å². The van der Waals surface area contributed by atoms with Crippen molar-refractivity contribution in [2.45, 2.75) is 25.7 Å². The second-order valence-corrected chi connectivity index (χ2v) is 10.6. The number of ether oxygens (including phenoxy) is 1. The van der Waals surface area contributed by atoms with Gasteiger partial charge in [-0.3, -0.25) is 14.8 Å². The van der Waals surface area contributed by atoms with E-state index in [9.17, 15) is 13.2 Å². The molecule has 0 atom stereocenters. The van der Waals surface area contributed by atoms with Gasteiger partial charge in [-0.05, 0) is 79.9 Å². The topological polar surface area (TPSA) is 110 Å². The lowest BCUT2D eigenvalue weighted by Gasteiger charge is -2.14. The van der Waals surface area contributed by atoms with Crippen molar-refractivity contribution in [2.75, 3.05) is 17.1 Å². The molecule has 1 heterocycles. The number of sulfonamides is 1. The maximum atomic E-state index is 13.2. The minimum Gasteiger partial charge on any atom is -0.497 e. The summed E-state index contributed by atoms with van der Waals surface area (Å²) in [5.41, 5.74) is 3.87. The molecule has 35 heavy (non-hydrogen) atoms. The molecule has 4 aromatic rings. The molecular formula is C25H24N4O4S2. The third kappa shape index (κ3) is 5.33. The highest BCUT2D eigenvalue weighted by molar-refractivity contribution is 7.92.